The normalized spacial score (nSPS) is 11.9. The number of carbonyl (C=O) groups excluding carboxylic acids is 2. The Morgan fingerprint density at radius 2 is 1.95 bits per heavy atom. The summed E-state index contributed by atoms with van der Waals surface area (Å²) in [6, 6.07) is -0.608. The lowest BCUT2D eigenvalue weighted by atomic mass is 10.2. The van der Waals surface area contributed by atoms with Gasteiger partial charge in [-0.15, -0.1) is 5.92 Å². The smallest absolute Gasteiger partial charge is 0.408 e. The topological polar surface area (TPSA) is 87.7 Å². The summed E-state index contributed by atoms with van der Waals surface area (Å²) in [5, 5.41) is 13.8. The fourth-order valence-corrected chi connectivity index (χ4v) is 1.46. The van der Waals surface area contributed by atoms with Crippen LogP contribution in [0.2, 0.25) is 0 Å². The van der Waals surface area contributed by atoms with E-state index in [2.05, 4.69) is 22.5 Å². The molecule has 21 heavy (non-hydrogen) atoms. The van der Waals surface area contributed by atoms with Gasteiger partial charge in [0.15, 0.2) is 0 Å². The third-order valence-corrected chi connectivity index (χ3v) is 2.40. The first-order valence-corrected chi connectivity index (χ1v) is 7.14. The van der Waals surface area contributed by atoms with Crippen molar-refractivity contribution in [3.8, 4) is 11.8 Å². The van der Waals surface area contributed by atoms with E-state index in [1.165, 1.54) is 0 Å². The highest BCUT2D eigenvalue weighted by molar-refractivity contribution is 5.85. The van der Waals surface area contributed by atoms with Gasteiger partial charge in [-0.25, -0.2) is 4.79 Å². The molecule has 0 radical (unpaired) electrons. The Balaban J connectivity index is 4.10. The number of nitrogens with one attached hydrogen (secondary N) is 2. The molecule has 0 saturated carbocycles. The van der Waals surface area contributed by atoms with Crippen LogP contribution in [0.4, 0.5) is 4.79 Å². The first-order valence-electron chi connectivity index (χ1n) is 7.14. The van der Waals surface area contributed by atoms with Crippen LogP contribution in [0.15, 0.2) is 0 Å². The summed E-state index contributed by atoms with van der Waals surface area (Å²) in [4.78, 5) is 23.5. The van der Waals surface area contributed by atoms with Crippen LogP contribution >= 0.6 is 0 Å². The van der Waals surface area contributed by atoms with Crippen LogP contribution in [-0.2, 0) is 9.53 Å². The second-order valence-corrected chi connectivity index (χ2v) is 5.51. The van der Waals surface area contributed by atoms with Gasteiger partial charge in [0, 0.05) is 13.0 Å². The highest BCUT2D eigenvalue weighted by atomic mass is 16.6. The molecule has 120 valence electrons. The van der Waals surface area contributed by atoms with Crippen molar-refractivity contribution in [3.63, 3.8) is 0 Å². The third kappa shape index (κ3) is 10.7. The molecule has 0 heterocycles. The molecular weight excluding hydrogens is 272 g/mol. The summed E-state index contributed by atoms with van der Waals surface area (Å²) in [6.45, 7) is 7.44. The van der Waals surface area contributed by atoms with Gasteiger partial charge < -0.3 is 20.5 Å². The molecule has 0 aromatic rings. The maximum atomic E-state index is 11.9. The number of rotatable bonds is 6. The number of hydrogen-bond donors (Lipinski definition) is 3. The second kappa shape index (κ2) is 10.1. The molecule has 0 aliphatic rings. The number of unbranched alkanes of at least 4 members (excludes halogenated alkanes) is 1. The first-order chi connectivity index (χ1) is 9.80. The molecule has 0 aromatic carbocycles. The molecule has 1 unspecified atom stereocenters. The van der Waals surface area contributed by atoms with Crippen LogP contribution in [0.25, 0.3) is 0 Å². The average molecular weight is 298 g/mol. The third-order valence-electron chi connectivity index (χ3n) is 2.40. The van der Waals surface area contributed by atoms with E-state index in [-0.39, 0.29) is 12.5 Å². The van der Waals surface area contributed by atoms with Crippen molar-refractivity contribution in [1.82, 2.24) is 10.6 Å². The van der Waals surface area contributed by atoms with Crippen molar-refractivity contribution in [2.45, 2.75) is 58.6 Å². The zero-order chi connectivity index (χ0) is 16.3. The highest BCUT2D eigenvalue weighted by Crippen LogP contribution is 2.07. The molecule has 0 aliphatic carbocycles. The Kier molecular flexibility index (Phi) is 9.22. The van der Waals surface area contributed by atoms with Crippen molar-refractivity contribution in [1.29, 1.82) is 0 Å². The summed E-state index contributed by atoms with van der Waals surface area (Å²) in [7, 11) is 0. The van der Waals surface area contributed by atoms with Gasteiger partial charge in [-0.1, -0.05) is 12.8 Å². The van der Waals surface area contributed by atoms with E-state index in [1.807, 2.05) is 6.92 Å². The summed E-state index contributed by atoms with van der Waals surface area (Å²) in [5.41, 5.74) is -0.593. The molecule has 0 rings (SSSR count). The van der Waals surface area contributed by atoms with E-state index in [0.29, 0.717) is 25.8 Å². The molecule has 0 aliphatic heterocycles. The largest absolute Gasteiger partial charge is 0.444 e. The SMILES string of the molecule is CCC(NC(=O)OC(C)(C)C)C(=O)NCCCC#CCO. The Labute approximate surface area is 126 Å². The predicted molar refractivity (Wildman–Crippen MR) is 80.6 cm³/mol. The van der Waals surface area contributed by atoms with Gasteiger partial charge in [-0.3, -0.25) is 4.79 Å². The van der Waals surface area contributed by atoms with Crippen molar-refractivity contribution >= 4 is 12.0 Å². The molecule has 0 fully saturated rings. The summed E-state index contributed by atoms with van der Waals surface area (Å²) in [5.74, 6) is 5.07. The molecule has 6 nitrogen and oxygen atoms in total. The maximum Gasteiger partial charge on any atom is 0.408 e. The minimum atomic E-state index is -0.608. The second-order valence-electron chi connectivity index (χ2n) is 5.51. The monoisotopic (exact) mass is 298 g/mol. The van der Waals surface area contributed by atoms with Crippen molar-refractivity contribution in [3.05, 3.63) is 0 Å². The van der Waals surface area contributed by atoms with Gasteiger partial charge in [-0.2, -0.15) is 0 Å². The fraction of sp³-hybridized carbons (Fsp3) is 0.733. The summed E-state index contributed by atoms with van der Waals surface area (Å²) >= 11 is 0. The van der Waals surface area contributed by atoms with Gasteiger partial charge in [-0.05, 0) is 33.6 Å². The molecule has 0 saturated heterocycles. The van der Waals surface area contributed by atoms with Crippen LogP contribution in [0, 0.1) is 11.8 Å². The lowest BCUT2D eigenvalue weighted by Crippen LogP contribution is -2.48. The Bertz CT molecular complexity index is 391. The van der Waals surface area contributed by atoms with Crippen LogP contribution in [-0.4, -0.2) is 41.9 Å². The molecule has 6 heteroatoms. The maximum absolute atomic E-state index is 11.9. The van der Waals surface area contributed by atoms with Crippen LogP contribution in [0.1, 0.15) is 47.0 Å². The van der Waals surface area contributed by atoms with E-state index >= 15 is 0 Å². The number of aliphatic hydroxyl groups excluding tert-OH is 1. The summed E-state index contributed by atoms with van der Waals surface area (Å²) in [6.07, 6.45) is 1.19. The molecular formula is C15H26N2O4. The molecule has 2 amide bonds. The quantitative estimate of drug-likeness (QED) is 0.507. The minimum Gasteiger partial charge on any atom is -0.444 e. The summed E-state index contributed by atoms with van der Waals surface area (Å²) < 4.78 is 5.12. The minimum absolute atomic E-state index is 0.149. The molecule has 1 atom stereocenters. The van der Waals surface area contributed by atoms with Crippen molar-refractivity contribution in [2.24, 2.45) is 0 Å². The average Bonchev–Trinajstić information content (AvgIpc) is 2.37. The Hall–Kier alpha value is -1.74. The van der Waals surface area contributed by atoms with Crippen LogP contribution < -0.4 is 10.6 Å². The van der Waals surface area contributed by atoms with Crippen molar-refractivity contribution < 1.29 is 19.4 Å². The van der Waals surface area contributed by atoms with E-state index in [1.54, 1.807) is 20.8 Å². The van der Waals surface area contributed by atoms with E-state index < -0.39 is 17.7 Å². The van der Waals surface area contributed by atoms with Gasteiger partial charge in [0.1, 0.15) is 18.2 Å². The van der Waals surface area contributed by atoms with Gasteiger partial charge in [0.2, 0.25) is 5.91 Å². The van der Waals surface area contributed by atoms with Gasteiger partial charge >= 0.3 is 6.09 Å². The molecule has 3 N–H and O–H groups in total. The van der Waals surface area contributed by atoms with E-state index in [9.17, 15) is 9.59 Å². The molecule has 0 spiro atoms. The number of hydrogen-bond acceptors (Lipinski definition) is 4. The molecule has 0 aromatic heterocycles. The predicted octanol–water partition coefficient (Wildman–Crippen LogP) is 1.18. The highest BCUT2D eigenvalue weighted by Gasteiger charge is 2.22. The lowest BCUT2D eigenvalue weighted by molar-refractivity contribution is -0.123. The number of aliphatic hydroxyl groups is 1. The van der Waals surface area contributed by atoms with Gasteiger partial charge in [0.25, 0.3) is 0 Å². The lowest BCUT2D eigenvalue weighted by Gasteiger charge is -2.22. The van der Waals surface area contributed by atoms with E-state index in [0.717, 1.165) is 0 Å². The van der Waals surface area contributed by atoms with Crippen molar-refractivity contribution in [2.75, 3.05) is 13.2 Å². The Morgan fingerprint density at radius 3 is 2.48 bits per heavy atom. The number of carbonyl (C=O) groups is 2. The molecule has 0 bridgehead atoms. The fourth-order valence-electron chi connectivity index (χ4n) is 1.46. The standard InChI is InChI=1S/C15H26N2O4/c1-5-12(17-14(20)21-15(2,3)4)13(19)16-10-8-6-7-9-11-18/h12,18H,5-6,8,10-11H2,1-4H3,(H,16,19)(H,17,20). The Morgan fingerprint density at radius 1 is 1.29 bits per heavy atom. The number of amides is 2. The zero-order valence-corrected chi connectivity index (χ0v) is 13.3. The first kappa shape index (κ1) is 19.3. The number of ether oxygens (including phenoxy) is 1. The van der Waals surface area contributed by atoms with E-state index in [4.69, 9.17) is 9.84 Å². The van der Waals surface area contributed by atoms with Crippen LogP contribution in [0.3, 0.4) is 0 Å². The van der Waals surface area contributed by atoms with Crippen LogP contribution in [0.5, 0.6) is 0 Å². The number of alkyl carbamates (subject to hydrolysis) is 1. The van der Waals surface area contributed by atoms with Gasteiger partial charge in [0.05, 0.1) is 0 Å². The zero-order valence-electron chi connectivity index (χ0n) is 13.3.